The van der Waals surface area contributed by atoms with Crippen LogP contribution < -0.4 is 5.32 Å². The fourth-order valence-electron chi connectivity index (χ4n) is 1.27. The summed E-state index contributed by atoms with van der Waals surface area (Å²) in [7, 11) is 0. The van der Waals surface area contributed by atoms with Gasteiger partial charge in [-0.3, -0.25) is 4.79 Å². The van der Waals surface area contributed by atoms with Crippen LogP contribution in [0.25, 0.3) is 0 Å². The largest absolute Gasteiger partial charge is 0.396 e. The van der Waals surface area contributed by atoms with E-state index in [1.54, 1.807) is 0 Å². The SMILES string of the molecule is O=C1NCCC[C@H]1CCO. The zero-order valence-corrected chi connectivity index (χ0v) is 5.97. The van der Waals surface area contributed by atoms with E-state index >= 15 is 0 Å². The van der Waals surface area contributed by atoms with Gasteiger partial charge in [-0.25, -0.2) is 0 Å². The van der Waals surface area contributed by atoms with Gasteiger partial charge in [0.05, 0.1) is 0 Å². The number of carbonyl (C=O) groups is 1. The van der Waals surface area contributed by atoms with Crippen LogP contribution in [0.5, 0.6) is 0 Å². The molecule has 3 heteroatoms. The van der Waals surface area contributed by atoms with E-state index in [1.807, 2.05) is 0 Å². The van der Waals surface area contributed by atoms with Crippen molar-refractivity contribution < 1.29 is 9.90 Å². The normalized spacial score (nSPS) is 26.1. The maximum absolute atomic E-state index is 11.0. The highest BCUT2D eigenvalue weighted by Gasteiger charge is 2.20. The van der Waals surface area contributed by atoms with Crippen molar-refractivity contribution in [1.82, 2.24) is 5.32 Å². The minimum Gasteiger partial charge on any atom is -0.396 e. The molecule has 0 aromatic heterocycles. The lowest BCUT2D eigenvalue weighted by Gasteiger charge is -2.20. The Morgan fingerprint density at radius 3 is 3.10 bits per heavy atom. The van der Waals surface area contributed by atoms with Crippen molar-refractivity contribution in [2.45, 2.75) is 19.3 Å². The molecule has 10 heavy (non-hydrogen) atoms. The van der Waals surface area contributed by atoms with Crippen LogP contribution in [-0.2, 0) is 4.79 Å². The van der Waals surface area contributed by atoms with Crippen molar-refractivity contribution in [1.29, 1.82) is 0 Å². The van der Waals surface area contributed by atoms with Gasteiger partial charge in [0.25, 0.3) is 0 Å². The topological polar surface area (TPSA) is 49.3 Å². The van der Waals surface area contributed by atoms with Crippen LogP contribution in [0.15, 0.2) is 0 Å². The third-order valence-electron chi connectivity index (χ3n) is 1.88. The van der Waals surface area contributed by atoms with Crippen molar-refractivity contribution >= 4 is 5.91 Å². The number of carbonyl (C=O) groups excluding carboxylic acids is 1. The van der Waals surface area contributed by atoms with Gasteiger partial charge in [-0.15, -0.1) is 0 Å². The van der Waals surface area contributed by atoms with Crippen LogP contribution in [0.4, 0.5) is 0 Å². The molecule has 1 rings (SSSR count). The minimum absolute atomic E-state index is 0.0683. The predicted octanol–water partition coefficient (Wildman–Crippen LogP) is -0.105. The molecular weight excluding hydrogens is 130 g/mol. The highest BCUT2D eigenvalue weighted by Crippen LogP contribution is 2.13. The van der Waals surface area contributed by atoms with Gasteiger partial charge in [0.1, 0.15) is 0 Å². The Labute approximate surface area is 60.4 Å². The lowest BCUT2D eigenvalue weighted by Crippen LogP contribution is -2.36. The number of aliphatic hydroxyl groups is 1. The summed E-state index contributed by atoms with van der Waals surface area (Å²) < 4.78 is 0. The molecule has 1 aliphatic rings. The molecule has 1 aliphatic heterocycles. The summed E-state index contributed by atoms with van der Waals surface area (Å²) in [6.45, 7) is 0.929. The van der Waals surface area contributed by atoms with Crippen LogP contribution in [0, 0.1) is 5.92 Å². The molecule has 0 aromatic rings. The average Bonchev–Trinajstić information content (AvgIpc) is 1.94. The zero-order valence-electron chi connectivity index (χ0n) is 5.97. The molecular formula is C7H13NO2. The van der Waals surface area contributed by atoms with Crippen LogP contribution in [0.3, 0.4) is 0 Å². The molecule has 0 radical (unpaired) electrons. The van der Waals surface area contributed by atoms with Gasteiger partial charge in [-0.1, -0.05) is 0 Å². The highest BCUT2D eigenvalue weighted by atomic mass is 16.3. The summed E-state index contributed by atoms with van der Waals surface area (Å²) in [4.78, 5) is 11.0. The Balaban J connectivity index is 2.32. The second kappa shape index (κ2) is 3.56. The smallest absolute Gasteiger partial charge is 0.223 e. The summed E-state index contributed by atoms with van der Waals surface area (Å²) in [5.41, 5.74) is 0. The van der Waals surface area contributed by atoms with E-state index in [9.17, 15) is 4.79 Å². The number of amides is 1. The summed E-state index contributed by atoms with van der Waals surface area (Å²) in [5, 5.41) is 11.3. The Kier molecular flexibility index (Phi) is 2.68. The van der Waals surface area contributed by atoms with Gasteiger partial charge < -0.3 is 10.4 Å². The minimum atomic E-state index is 0.0683. The summed E-state index contributed by atoms with van der Waals surface area (Å²) in [6, 6.07) is 0. The molecule has 58 valence electrons. The predicted molar refractivity (Wildman–Crippen MR) is 37.4 cm³/mol. The second-order valence-corrected chi connectivity index (χ2v) is 2.64. The van der Waals surface area contributed by atoms with Gasteiger partial charge in [0.2, 0.25) is 5.91 Å². The molecule has 0 spiro atoms. The Morgan fingerprint density at radius 1 is 1.70 bits per heavy atom. The first-order chi connectivity index (χ1) is 4.84. The molecule has 1 heterocycles. The molecule has 1 saturated heterocycles. The number of hydrogen-bond donors (Lipinski definition) is 2. The van der Waals surface area contributed by atoms with E-state index < -0.39 is 0 Å². The quantitative estimate of drug-likeness (QED) is 0.567. The monoisotopic (exact) mass is 143 g/mol. The maximum atomic E-state index is 11.0. The third kappa shape index (κ3) is 1.70. The van der Waals surface area contributed by atoms with Crippen molar-refractivity contribution in [3.05, 3.63) is 0 Å². The highest BCUT2D eigenvalue weighted by molar-refractivity contribution is 5.79. The number of piperidine rings is 1. The molecule has 1 amide bonds. The Bertz CT molecular complexity index is 123. The number of rotatable bonds is 2. The van der Waals surface area contributed by atoms with Crippen LogP contribution in [0.1, 0.15) is 19.3 Å². The summed E-state index contributed by atoms with van der Waals surface area (Å²) >= 11 is 0. The van der Waals surface area contributed by atoms with Crippen molar-refractivity contribution in [3.63, 3.8) is 0 Å². The van der Waals surface area contributed by atoms with E-state index in [0.717, 1.165) is 19.4 Å². The lowest BCUT2D eigenvalue weighted by molar-refractivity contribution is -0.127. The summed E-state index contributed by atoms with van der Waals surface area (Å²) in [6.07, 6.45) is 2.61. The molecule has 0 aliphatic carbocycles. The van der Waals surface area contributed by atoms with E-state index in [0.29, 0.717) is 6.42 Å². The fraction of sp³-hybridized carbons (Fsp3) is 0.857. The van der Waals surface area contributed by atoms with E-state index in [1.165, 1.54) is 0 Å². The van der Waals surface area contributed by atoms with Gasteiger partial charge in [0, 0.05) is 19.1 Å². The first-order valence-electron chi connectivity index (χ1n) is 3.73. The third-order valence-corrected chi connectivity index (χ3v) is 1.88. The number of hydrogen-bond acceptors (Lipinski definition) is 2. The first kappa shape index (κ1) is 7.54. The molecule has 0 saturated carbocycles. The second-order valence-electron chi connectivity index (χ2n) is 2.64. The fourth-order valence-corrected chi connectivity index (χ4v) is 1.27. The van der Waals surface area contributed by atoms with E-state index in [-0.39, 0.29) is 18.4 Å². The van der Waals surface area contributed by atoms with Gasteiger partial charge in [-0.2, -0.15) is 0 Å². The summed E-state index contributed by atoms with van der Waals surface area (Å²) in [5.74, 6) is 0.180. The van der Waals surface area contributed by atoms with Crippen molar-refractivity contribution in [2.75, 3.05) is 13.2 Å². The molecule has 1 fully saturated rings. The lowest BCUT2D eigenvalue weighted by atomic mass is 9.96. The number of nitrogens with one attached hydrogen (secondary N) is 1. The van der Waals surface area contributed by atoms with Gasteiger partial charge in [-0.05, 0) is 19.3 Å². The molecule has 0 bridgehead atoms. The van der Waals surface area contributed by atoms with Crippen molar-refractivity contribution in [2.24, 2.45) is 5.92 Å². The molecule has 2 N–H and O–H groups in total. The molecule has 3 nitrogen and oxygen atoms in total. The standard InChI is InChI=1S/C7H13NO2/c9-5-3-6-2-1-4-8-7(6)10/h6,9H,1-5H2,(H,8,10)/t6-/m0/s1. The van der Waals surface area contributed by atoms with Crippen molar-refractivity contribution in [3.8, 4) is 0 Å². The number of aliphatic hydroxyl groups excluding tert-OH is 1. The van der Waals surface area contributed by atoms with Crippen LogP contribution >= 0.6 is 0 Å². The van der Waals surface area contributed by atoms with Gasteiger partial charge >= 0.3 is 0 Å². The van der Waals surface area contributed by atoms with Gasteiger partial charge in [0.15, 0.2) is 0 Å². The molecule has 0 unspecified atom stereocenters. The Morgan fingerprint density at radius 2 is 2.50 bits per heavy atom. The van der Waals surface area contributed by atoms with Crippen LogP contribution in [-0.4, -0.2) is 24.2 Å². The first-order valence-corrected chi connectivity index (χ1v) is 3.73. The van der Waals surface area contributed by atoms with E-state index in [4.69, 9.17) is 5.11 Å². The molecule has 1 atom stereocenters. The van der Waals surface area contributed by atoms with Crippen LogP contribution in [0.2, 0.25) is 0 Å². The van der Waals surface area contributed by atoms with E-state index in [2.05, 4.69) is 5.32 Å². The average molecular weight is 143 g/mol. The molecule has 0 aromatic carbocycles. The maximum Gasteiger partial charge on any atom is 0.223 e. The Hall–Kier alpha value is -0.570. The zero-order chi connectivity index (χ0) is 7.40.